The smallest absolute Gasteiger partial charge is 0.335 e. The summed E-state index contributed by atoms with van der Waals surface area (Å²) in [5.74, 6) is -1.25. The van der Waals surface area contributed by atoms with E-state index in [-0.39, 0.29) is 11.5 Å². The minimum atomic E-state index is -0.937. The molecule has 0 heterocycles. The van der Waals surface area contributed by atoms with Gasteiger partial charge in [0, 0.05) is 18.7 Å². The molecule has 0 bridgehead atoms. The first-order chi connectivity index (χ1) is 8.00. The Morgan fingerprint density at radius 1 is 1.41 bits per heavy atom. The van der Waals surface area contributed by atoms with Crippen LogP contribution in [0.2, 0.25) is 0 Å². The summed E-state index contributed by atoms with van der Waals surface area (Å²) in [7, 11) is 0. The Morgan fingerprint density at radius 2 is 2.12 bits per heavy atom. The van der Waals surface area contributed by atoms with Crippen LogP contribution in [0.25, 0.3) is 0 Å². The average molecular weight is 236 g/mol. The van der Waals surface area contributed by atoms with E-state index in [1.165, 1.54) is 0 Å². The Bertz CT molecular complexity index is 430. The normalized spacial score (nSPS) is 9.94. The van der Waals surface area contributed by atoms with E-state index in [9.17, 15) is 9.59 Å². The van der Waals surface area contributed by atoms with Gasteiger partial charge in [-0.15, -0.1) is 0 Å². The molecule has 1 amide bonds. The van der Waals surface area contributed by atoms with Gasteiger partial charge in [0.2, 0.25) is 5.91 Å². The minimum absolute atomic E-state index is 0.269. The molecule has 17 heavy (non-hydrogen) atoms. The Morgan fingerprint density at radius 3 is 2.65 bits per heavy atom. The molecule has 0 aliphatic rings. The van der Waals surface area contributed by atoms with E-state index in [4.69, 9.17) is 10.8 Å². The number of aryl methyl sites for hydroxylation is 1. The highest BCUT2D eigenvalue weighted by Gasteiger charge is 2.05. The third kappa shape index (κ3) is 4.14. The second-order valence-electron chi connectivity index (χ2n) is 3.83. The van der Waals surface area contributed by atoms with Crippen LogP contribution in [-0.4, -0.2) is 23.5 Å². The molecule has 0 saturated carbocycles. The lowest BCUT2D eigenvalue weighted by Crippen LogP contribution is -2.13. The Kier molecular flexibility index (Phi) is 4.51. The van der Waals surface area contributed by atoms with Crippen LogP contribution in [0.1, 0.15) is 28.8 Å². The van der Waals surface area contributed by atoms with Gasteiger partial charge in [-0.3, -0.25) is 4.79 Å². The lowest BCUT2D eigenvalue weighted by atomic mass is 10.1. The highest BCUT2D eigenvalue weighted by atomic mass is 16.4. The summed E-state index contributed by atoms with van der Waals surface area (Å²) < 4.78 is 0. The predicted octanol–water partition coefficient (Wildman–Crippen LogP) is 1.37. The number of carbonyl (C=O) groups is 2. The quantitative estimate of drug-likeness (QED) is 0.650. The first-order valence-electron chi connectivity index (χ1n) is 5.37. The molecule has 5 nitrogen and oxygen atoms in total. The number of nitrogens with two attached hydrogens (primary N) is 1. The van der Waals surface area contributed by atoms with Crippen molar-refractivity contribution in [2.45, 2.75) is 19.8 Å². The van der Waals surface area contributed by atoms with E-state index in [0.29, 0.717) is 19.4 Å². The molecule has 0 aliphatic heterocycles. The molecular weight excluding hydrogens is 220 g/mol. The van der Waals surface area contributed by atoms with Gasteiger partial charge in [0.1, 0.15) is 0 Å². The van der Waals surface area contributed by atoms with Crippen LogP contribution in [0.3, 0.4) is 0 Å². The summed E-state index contributed by atoms with van der Waals surface area (Å²) in [6, 6.07) is 4.88. The van der Waals surface area contributed by atoms with Crippen molar-refractivity contribution >= 4 is 17.6 Å². The molecule has 0 aromatic heterocycles. The molecule has 0 saturated heterocycles. The molecule has 5 heteroatoms. The molecular formula is C12H16N2O3. The third-order valence-corrected chi connectivity index (χ3v) is 2.39. The second-order valence-corrected chi connectivity index (χ2v) is 3.83. The second kappa shape index (κ2) is 5.89. The molecule has 0 spiro atoms. The van der Waals surface area contributed by atoms with Crippen molar-refractivity contribution in [3.8, 4) is 0 Å². The Hall–Kier alpha value is -2.04. The maximum Gasteiger partial charge on any atom is 0.335 e. The number of aromatic carboxylic acids is 1. The van der Waals surface area contributed by atoms with Gasteiger partial charge in [-0.2, -0.15) is 0 Å². The van der Waals surface area contributed by atoms with Crippen LogP contribution in [0.5, 0.6) is 0 Å². The van der Waals surface area contributed by atoms with E-state index in [2.05, 4.69) is 5.32 Å². The molecule has 0 atom stereocenters. The van der Waals surface area contributed by atoms with E-state index < -0.39 is 5.97 Å². The number of carbonyl (C=O) groups excluding carboxylic acids is 1. The number of hydrogen-bond donors (Lipinski definition) is 3. The van der Waals surface area contributed by atoms with Gasteiger partial charge in [0.15, 0.2) is 0 Å². The molecule has 0 unspecified atom stereocenters. The number of primary amides is 1. The minimum Gasteiger partial charge on any atom is -0.478 e. The maximum atomic E-state index is 10.7. The van der Waals surface area contributed by atoms with E-state index in [1.807, 2.05) is 6.92 Å². The number of benzene rings is 1. The SMILES string of the molecule is Cc1cc(C(=O)O)ccc1NCCCC(N)=O. The van der Waals surface area contributed by atoms with Crippen LogP contribution in [0, 0.1) is 6.92 Å². The number of hydrogen-bond acceptors (Lipinski definition) is 3. The fourth-order valence-electron chi connectivity index (χ4n) is 1.48. The van der Waals surface area contributed by atoms with Crippen molar-refractivity contribution < 1.29 is 14.7 Å². The van der Waals surface area contributed by atoms with Crippen molar-refractivity contribution in [1.82, 2.24) is 0 Å². The fraction of sp³-hybridized carbons (Fsp3) is 0.333. The summed E-state index contributed by atoms with van der Waals surface area (Å²) in [6.45, 7) is 2.47. The number of nitrogens with one attached hydrogen (secondary N) is 1. The summed E-state index contributed by atoms with van der Waals surface area (Å²) in [4.78, 5) is 21.3. The molecule has 0 aliphatic carbocycles. The third-order valence-electron chi connectivity index (χ3n) is 2.39. The van der Waals surface area contributed by atoms with E-state index in [0.717, 1.165) is 11.3 Å². The van der Waals surface area contributed by atoms with Gasteiger partial charge in [0.05, 0.1) is 5.56 Å². The monoisotopic (exact) mass is 236 g/mol. The number of carboxylic acid groups (broad SMARTS) is 1. The van der Waals surface area contributed by atoms with Crippen molar-refractivity contribution in [2.24, 2.45) is 5.73 Å². The summed E-state index contributed by atoms with van der Waals surface area (Å²) in [6.07, 6.45) is 1.01. The summed E-state index contributed by atoms with van der Waals surface area (Å²) in [5, 5.41) is 11.9. The topological polar surface area (TPSA) is 92.4 Å². The molecule has 0 radical (unpaired) electrons. The Labute approximate surface area is 99.6 Å². The highest BCUT2D eigenvalue weighted by molar-refractivity contribution is 5.88. The van der Waals surface area contributed by atoms with Gasteiger partial charge in [0.25, 0.3) is 0 Å². The molecule has 0 fully saturated rings. The van der Waals surface area contributed by atoms with Crippen LogP contribution < -0.4 is 11.1 Å². The number of anilines is 1. The molecule has 4 N–H and O–H groups in total. The van der Waals surface area contributed by atoms with E-state index >= 15 is 0 Å². The average Bonchev–Trinajstić information content (AvgIpc) is 2.25. The standard InChI is InChI=1S/C12H16N2O3/c1-8-7-9(12(16)17)4-5-10(8)14-6-2-3-11(13)15/h4-5,7,14H,2-3,6H2,1H3,(H2,13,15)(H,16,17). The zero-order valence-corrected chi connectivity index (χ0v) is 9.69. The summed E-state index contributed by atoms with van der Waals surface area (Å²) in [5.41, 5.74) is 7.03. The maximum absolute atomic E-state index is 10.7. The zero-order valence-electron chi connectivity index (χ0n) is 9.69. The van der Waals surface area contributed by atoms with Gasteiger partial charge >= 0.3 is 5.97 Å². The van der Waals surface area contributed by atoms with Crippen molar-refractivity contribution in [3.63, 3.8) is 0 Å². The van der Waals surface area contributed by atoms with Crippen LogP contribution >= 0.6 is 0 Å². The molecule has 1 rings (SSSR count). The van der Waals surface area contributed by atoms with Crippen molar-refractivity contribution in [3.05, 3.63) is 29.3 Å². The lowest BCUT2D eigenvalue weighted by molar-refractivity contribution is -0.118. The Balaban J connectivity index is 2.54. The molecule has 92 valence electrons. The molecule has 1 aromatic rings. The number of amides is 1. The van der Waals surface area contributed by atoms with Crippen LogP contribution in [0.4, 0.5) is 5.69 Å². The lowest BCUT2D eigenvalue weighted by Gasteiger charge is -2.09. The van der Waals surface area contributed by atoms with Gasteiger partial charge in [-0.1, -0.05) is 0 Å². The summed E-state index contributed by atoms with van der Waals surface area (Å²) >= 11 is 0. The first-order valence-corrected chi connectivity index (χ1v) is 5.37. The zero-order chi connectivity index (χ0) is 12.8. The van der Waals surface area contributed by atoms with Crippen molar-refractivity contribution in [1.29, 1.82) is 0 Å². The van der Waals surface area contributed by atoms with Crippen LogP contribution in [-0.2, 0) is 4.79 Å². The number of carboxylic acids is 1. The fourth-order valence-corrected chi connectivity index (χ4v) is 1.48. The first kappa shape index (κ1) is 13.0. The molecule has 1 aromatic carbocycles. The largest absolute Gasteiger partial charge is 0.478 e. The van der Waals surface area contributed by atoms with Gasteiger partial charge in [-0.25, -0.2) is 4.79 Å². The van der Waals surface area contributed by atoms with Gasteiger partial charge < -0.3 is 16.2 Å². The van der Waals surface area contributed by atoms with Crippen LogP contribution in [0.15, 0.2) is 18.2 Å². The van der Waals surface area contributed by atoms with Gasteiger partial charge in [-0.05, 0) is 37.1 Å². The highest BCUT2D eigenvalue weighted by Crippen LogP contribution is 2.16. The van der Waals surface area contributed by atoms with Crippen molar-refractivity contribution in [2.75, 3.05) is 11.9 Å². The number of rotatable bonds is 6. The predicted molar refractivity (Wildman–Crippen MR) is 65.1 cm³/mol. The van der Waals surface area contributed by atoms with E-state index in [1.54, 1.807) is 18.2 Å².